The minimum absolute atomic E-state index is 0. The zero-order chi connectivity index (χ0) is 14.7. The van der Waals surface area contributed by atoms with Crippen LogP contribution in [0.25, 0.3) is 0 Å². The summed E-state index contributed by atoms with van der Waals surface area (Å²) < 4.78 is 38.0. The summed E-state index contributed by atoms with van der Waals surface area (Å²) in [6, 6.07) is 9.15. The molecule has 0 fully saturated rings. The summed E-state index contributed by atoms with van der Waals surface area (Å²) in [6.45, 7) is 1.76. The SMILES string of the molecule is COc1ccc(C(C)c2ccc(OC)cc2F)c(F)c1.N. The van der Waals surface area contributed by atoms with Gasteiger partial charge in [-0.25, -0.2) is 8.78 Å². The molecule has 0 aromatic heterocycles. The summed E-state index contributed by atoms with van der Waals surface area (Å²) in [6.07, 6.45) is 0. The average molecular weight is 295 g/mol. The molecule has 0 radical (unpaired) electrons. The average Bonchev–Trinajstić information content (AvgIpc) is 2.46. The lowest BCUT2D eigenvalue weighted by atomic mass is 9.92. The van der Waals surface area contributed by atoms with Gasteiger partial charge in [0.1, 0.15) is 23.1 Å². The van der Waals surface area contributed by atoms with Crippen molar-refractivity contribution in [3.8, 4) is 11.5 Å². The molecule has 114 valence electrons. The number of methoxy groups -OCH3 is 2. The first-order valence-corrected chi connectivity index (χ1v) is 6.23. The first-order valence-electron chi connectivity index (χ1n) is 6.23. The zero-order valence-electron chi connectivity index (χ0n) is 12.3. The van der Waals surface area contributed by atoms with E-state index in [0.29, 0.717) is 22.6 Å². The fraction of sp³-hybridized carbons (Fsp3) is 0.250. The third-order valence-electron chi connectivity index (χ3n) is 3.35. The second-order valence-corrected chi connectivity index (χ2v) is 4.50. The van der Waals surface area contributed by atoms with Crippen LogP contribution in [0.3, 0.4) is 0 Å². The van der Waals surface area contributed by atoms with E-state index in [1.54, 1.807) is 31.2 Å². The fourth-order valence-corrected chi connectivity index (χ4v) is 2.14. The van der Waals surface area contributed by atoms with Crippen LogP contribution in [-0.4, -0.2) is 14.2 Å². The maximum Gasteiger partial charge on any atom is 0.130 e. The predicted octanol–water partition coefficient (Wildman–Crippen LogP) is 4.30. The van der Waals surface area contributed by atoms with Crippen LogP contribution in [0.4, 0.5) is 8.78 Å². The van der Waals surface area contributed by atoms with E-state index in [4.69, 9.17) is 9.47 Å². The third-order valence-corrected chi connectivity index (χ3v) is 3.35. The molecule has 0 aliphatic rings. The van der Waals surface area contributed by atoms with Gasteiger partial charge in [0.25, 0.3) is 0 Å². The molecule has 0 aliphatic heterocycles. The summed E-state index contributed by atoms with van der Waals surface area (Å²) in [5.74, 6) is -0.340. The number of benzene rings is 2. The van der Waals surface area contributed by atoms with Gasteiger partial charge in [-0.1, -0.05) is 19.1 Å². The Balaban J connectivity index is 0.00000220. The van der Waals surface area contributed by atoms with E-state index in [1.807, 2.05) is 0 Å². The van der Waals surface area contributed by atoms with E-state index in [0.717, 1.165) is 0 Å². The number of hydrogen-bond donors (Lipinski definition) is 1. The van der Waals surface area contributed by atoms with Crippen LogP contribution in [-0.2, 0) is 0 Å². The monoisotopic (exact) mass is 295 g/mol. The van der Waals surface area contributed by atoms with Crippen LogP contribution >= 0.6 is 0 Å². The Hall–Kier alpha value is -2.14. The lowest BCUT2D eigenvalue weighted by Crippen LogP contribution is -2.03. The van der Waals surface area contributed by atoms with Crippen LogP contribution in [0.15, 0.2) is 36.4 Å². The van der Waals surface area contributed by atoms with Crippen molar-refractivity contribution in [3.05, 3.63) is 59.2 Å². The van der Waals surface area contributed by atoms with Crippen molar-refractivity contribution in [1.82, 2.24) is 6.15 Å². The Kier molecular flexibility index (Phi) is 5.67. The Labute approximate surface area is 123 Å². The molecule has 2 aromatic carbocycles. The van der Waals surface area contributed by atoms with E-state index < -0.39 is 17.6 Å². The van der Waals surface area contributed by atoms with Gasteiger partial charge in [-0.3, -0.25) is 0 Å². The summed E-state index contributed by atoms with van der Waals surface area (Å²) in [7, 11) is 2.95. The lowest BCUT2D eigenvalue weighted by molar-refractivity contribution is 0.409. The van der Waals surface area contributed by atoms with Gasteiger partial charge in [-0.15, -0.1) is 0 Å². The highest BCUT2D eigenvalue weighted by molar-refractivity contribution is 5.39. The Morgan fingerprint density at radius 1 is 0.810 bits per heavy atom. The van der Waals surface area contributed by atoms with Gasteiger partial charge in [-0.2, -0.15) is 0 Å². The Morgan fingerprint density at radius 3 is 1.48 bits per heavy atom. The normalized spacial score (nSPS) is 10.2. The lowest BCUT2D eigenvalue weighted by Gasteiger charge is -2.15. The number of halogens is 2. The first kappa shape index (κ1) is 16.9. The zero-order valence-corrected chi connectivity index (χ0v) is 12.3. The maximum atomic E-state index is 14.0. The van der Waals surface area contributed by atoms with Gasteiger partial charge in [0.2, 0.25) is 0 Å². The molecule has 0 bridgehead atoms. The van der Waals surface area contributed by atoms with Gasteiger partial charge in [0, 0.05) is 18.1 Å². The Bertz CT molecular complexity index is 564. The molecule has 21 heavy (non-hydrogen) atoms. The van der Waals surface area contributed by atoms with E-state index in [2.05, 4.69) is 0 Å². The Morgan fingerprint density at radius 2 is 1.19 bits per heavy atom. The molecule has 0 atom stereocenters. The molecule has 0 spiro atoms. The number of rotatable bonds is 4. The molecular formula is C16H19F2NO2. The van der Waals surface area contributed by atoms with Crippen LogP contribution in [0, 0.1) is 11.6 Å². The van der Waals surface area contributed by atoms with Crippen molar-refractivity contribution in [3.63, 3.8) is 0 Å². The standard InChI is InChI=1S/C16H16F2O2.H3N/c1-10(13-6-4-11(19-2)8-15(13)17)14-7-5-12(20-3)9-16(14)18;/h4-10H,1-3H3;1H3. The van der Waals surface area contributed by atoms with E-state index in [-0.39, 0.29) is 6.15 Å². The van der Waals surface area contributed by atoms with Crippen molar-refractivity contribution in [1.29, 1.82) is 0 Å². The summed E-state index contributed by atoms with van der Waals surface area (Å²) in [4.78, 5) is 0. The van der Waals surface area contributed by atoms with Crippen molar-refractivity contribution in [2.45, 2.75) is 12.8 Å². The van der Waals surface area contributed by atoms with Gasteiger partial charge in [-0.05, 0) is 23.3 Å². The second-order valence-electron chi connectivity index (χ2n) is 4.50. The van der Waals surface area contributed by atoms with Crippen LogP contribution in [0.1, 0.15) is 24.0 Å². The van der Waals surface area contributed by atoms with Crippen LogP contribution in [0.5, 0.6) is 11.5 Å². The molecule has 3 N–H and O–H groups in total. The van der Waals surface area contributed by atoms with Crippen LogP contribution < -0.4 is 15.6 Å². The molecule has 0 aliphatic carbocycles. The summed E-state index contributed by atoms with van der Waals surface area (Å²) >= 11 is 0. The second kappa shape index (κ2) is 7.04. The van der Waals surface area contributed by atoms with Gasteiger partial charge >= 0.3 is 0 Å². The number of hydrogen-bond acceptors (Lipinski definition) is 3. The van der Waals surface area contributed by atoms with Crippen LogP contribution in [0.2, 0.25) is 0 Å². The largest absolute Gasteiger partial charge is 0.497 e. The molecule has 0 saturated heterocycles. The molecule has 2 rings (SSSR count). The van der Waals surface area contributed by atoms with Gasteiger partial charge in [0.05, 0.1) is 14.2 Å². The molecule has 0 amide bonds. The highest BCUT2D eigenvalue weighted by Gasteiger charge is 2.17. The smallest absolute Gasteiger partial charge is 0.130 e. The summed E-state index contributed by atoms with van der Waals surface area (Å²) in [5, 5.41) is 0. The van der Waals surface area contributed by atoms with Crippen molar-refractivity contribution in [2.75, 3.05) is 14.2 Å². The first-order chi connectivity index (χ1) is 9.56. The van der Waals surface area contributed by atoms with Crippen molar-refractivity contribution >= 4 is 0 Å². The molecule has 3 nitrogen and oxygen atoms in total. The minimum Gasteiger partial charge on any atom is -0.497 e. The molecule has 5 heteroatoms. The number of ether oxygens (including phenoxy) is 2. The maximum absolute atomic E-state index is 14.0. The van der Waals surface area contributed by atoms with E-state index >= 15 is 0 Å². The van der Waals surface area contributed by atoms with Gasteiger partial charge in [0.15, 0.2) is 0 Å². The van der Waals surface area contributed by atoms with E-state index in [9.17, 15) is 8.78 Å². The topological polar surface area (TPSA) is 53.5 Å². The van der Waals surface area contributed by atoms with Crippen molar-refractivity contribution < 1.29 is 18.3 Å². The molecule has 0 saturated carbocycles. The highest BCUT2D eigenvalue weighted by Crippen LogP contribution is 2.31. The molecular weight excluding hydrogens is 276 g/mol. The van der Waals surface area contributed by atoms with Crippen molar-refractivity contribution in [2.24, 2.45) is 0 Å². The minimum atomic E-state index is -0.410. The molecule has 2 aromatic rings. The fourth-order valence-electron chi connectivity index (χ4n) is 2.14. The summed E-state index contributed by atoms with van der Waals surface area (Å²) in [5.41, 5.74) is 0.852. The van der Waals surface area contributed by atoms with Gasteiger partial charge < -0.3 is 15.6 Å². The van der Waals surface area contributed by atoms with E-state index in [1.165, 1.54) is 26.4 Å². The molecule has 0 unspecified atom stereocenters. The quantitative estimate of drug-likeness (QED) is 0.915. The third kappa shape index (κ3) is 3.49. The highest BCUT2D eigenvalue weighted by atomic mass is 19.1. The predicted molar refractivity (Wildman–Crippen MR) is 78.4 cm³/mol. The molecule has 0 heterocycles.